The van der Waals surface area contributed by atoms with Crippen molar-refractivity contribution in [2.75, 3.05) is 26.3 Å². The summed E-state index contributed by atoms with van der Waals surface area (Å²) in [6.45, 7) is 4.83. The molecule has 2 amide bonds. The number of benzene rings is 1. The van der Waals surface area contributed by atoms with Crippen molar-refractivity contribution in [3.05, 3.63) is 63.6 Å². The molecule has 13 heteroatoms. The minimum atomic E-state index is -0.755. The van der Waals surface area contributed by atoms with Crippen molar-refractivity contribution in [2.45, 2.75) is 45.2 Å². The number of hydrogen-bond donors (Lipinski definition) is 2. The Hall–Kier alpha value is -4.13. The number of rotatable bonds is 4. The Morgan fingerprint density at radius 1 is 1.24 bits per heavy atom. The van der Waals surface area contributed by atoms with Crippen LogP contribution in [0.15, 0.2) is 29.3 Å². The van der Waals surface area contributed by atoms with Gasteiger partial charge in [0.15, 0.2) is 5.69 Å². The fourth-order valence-electron chi connectivity index (χ4n) is 5.10. The van der Waals surface area contributed by atoms with Crippen LogP contribution >= 0.6 is 0 Å². The van der Waals surface area contributed by atoms with Crippen LogP contribution in [0.1, 0.15) is 47.5 Å². The summed E-state index contributed by atoms with van der Waals surface area (Å²) >= 11 is 0. The molecule has 1 spiro atoms. The maximum Gasteiger partial charge on any atom is 0.296 e. The number of ether oxygens (including phenoxy) is 1. The molecule has 12 nitrogen and oxygen atoms in total. The summed E-state index contributed by atoms with van der Waals surface area (Å²) < 4.78 is 22.6. The molecule has 0 saturated carbocycles. The van der Waals surface area contributed by atoms with Gasteiger partial charge in [0.05, 0.1) is 30.9 Å². The van der Waals surface area contributed by atoms with Gasteiger partial charge in [0.2, 0.25) is 11.7 Å². The van der Waals surface area contributed by atoms with E-state index < -0.39 is 34.1 Å². The first-order chi connectivity index (χ1) is 18.2. The van der Waals surface area contributed by atoms with E-state index in [0.29, 0.717) is 48.8 Å². The second-order valence-corrected chi connectivity index (χ2v) is 9.60. The normalized spacial score (nSPS) is 16.7. The van der Waals surface area contributed by atoms with Gasteiger partial charge in [-0.05, 0) is 37.5 Å². The Bertz CT molecular complexity index is 1460. The van der Waals surface area contributed by atoms with Crippen LogP contribution in [0.5, 0.6) is 5.75 Å². The van der Waals surface area contributed by atoms with Gasteiger partial charge in [0, 0.05) is 26.6 Å². The van der Waals surface area contributed by atoms with Gasteiger partial charge in [-0.15, -0.1) is 0 Å². The number of nitrogens with one attached hydrogen (secondary N) is 1. The molecule has 200 valence electrons. The molecule has 2 aliphatic rings. The molecule has 4 heterocycles. The number of halogens is 1. The van der Waals surface area contributed by atoms with Crippen molar-refractivity contribution in [1.82, 2.24) is 34.5 Å². The van der Waals surface area contributed by atoms with Crippen molar-refractivity contribution in [3.63, 3.8) is 0 Å². The summed E-state index contributed by atoms with van der Waals surface area (Å²) in [5.41, 5.74) is -0.857. The van der Waals surface area contributed by atoms with E-state index in [1.807, 2.05) is 0 Å². The zero-order valence-electron chi connectivity index (χ0n) is 21.1. The molecule has 1 saturated heterocycles. The number of aromatic hydroxyl groups is 1. The van der Waals surface area contributed by atoms with E-state index in [4.69, 9.17) is 4.74 Å². The molecule has 38 heavy (non-hydrogen) atoms. The quantitative estimate of drug-likeness (QED) is 0.509. The minimum absolute atomic E-state index is 0.0354. The fraction of sp³-hybridized carbons (Fsp3) is 0.440. The lowest BCUT2D eigenvalue weighted by Gasteiger charge is -2.40. The summed E-state index contributed by atoms with van der Waals surface area (Å²) in [6, 6.07) is 4.06. The first-order valence-corrected chi connectivity index (χ1v) is 12.3. The van der Waals surface area contributed by atoms with Gasteiger partial charge in [0.1, 0.15) is 23.8 Å². The minimum Gasteiger partial charge on any atom is -0.501 e. The van der Waals surface area contributed by atoms with Crippen LogP contribution in [0, 0.1) is 12.7 Å². The predicted molar refractivity (Wildman–Crippen MR) is 131 cm³/mol. The van der Waals surface area contributed by atoms with Crippen LogP contribution in [0.2, 0.25) is 0 Å². The number of piperidine rings is 1. The van der Waals surface area contributed by atoms with Crippen LogP contribution in [0.25, 0.3) is 5.69 Å². The Morgan fingerprint density at radius 3 is 2.68 bits per heavy atom. The zero-order valence-corrected chi connectivity index (χ0v) is 21.1. The average Bonchev–Trinajstić information content (AvgIpc) is 3.25. The number of fused-ring (bicyclic) bond motifs is 2. The van der Waals surface area contributed by atoms with Gasteiger partial charge >= 0.3 is 0 Å². The monoisotopic (exact) mass is 525 g/mol. The van der Waals surface area contributed by atoms with E-state index in [1.54, 1.807) is 11.8 Å². The molecule has 2 aliphatic heterocycles. The van der Waals surface area contributed by atoms with Crippen LogP contribution in [0.4, 0.5) is 4.39 Å². The van der Waals surface area contributed by atoms with Gasteiger partial charge < -0.3 is 20.1 Å². The number of amides is 2. The Labute approximate surface area is 217 Å². The third kappa shape index (κ3) is 4.53. The fourth-order valence-corrected chi connectivity index (χ4v) is 5.10. The largest absolute Gasteiger partial charge is 0.501 e. The summed E-state index contributed by atoms with van der Waals surface area (Å²) in [5.74, 6) is -1.12. The lowest BCUT2D eigenvalue weighted by Crippen LogP contribution is -2.49. The molecule has 0 radical (unpaired) electrons. The Morgan fingerprint density at radius 2 is 2.00 bits per heavy atom. The summed E-state index contributed by atoms with van der Waals surface area (Å²) in [7, 11) is 0. The van der Waals surface area contributed by atoms with E-state index in [0.717, 1.165) is 0 Å². The summed E-state index contributed by atoms with van der Waals surface area (Å²) in [5, 5.41) is 17.5. The molecule has 5 rings (SSSR count). The van der Waals surface area contributed by atoms with Crippen molar-refractivity contribution in [2.24, 2.45) is 0 Å². The molecule has 2 aromatic heterocycles. The highest BCUT2D eigenvalue weighted by molar-refractivity contribution is 5.94. The van der Waals surface area contributed by atoms with E-state index in [1.165, 1.54) is 40.7 Å². The first-order valence-electron chi connectivity index (χ1n) is 12.3. The number of carbonyl (C=O) groups excluding carboxylic acids is 2. The second kappa shape index (κ2) is 9.97. The highest BCUT2D eigenvalue weighted by Crippen LogP contribution is 2.36. The SMILES string of the molecule is CC(=O)N1CCC2(CC1)COCCn1c2nc(C(=O)NCc2ccc(F)cc2-n2ncnc2C)c(O)c1=O. The zero-order chi connectivity index (χ0) is 27.0. The lowest BCUT2D eigenvalue weighted by atomic mass is 9.78. The maximum absolute atomic E-state index is 14.0. The van der Waals surface area contributed by atoms with E-state index in [-0.39, 0.29) is 32.2 Å². The number of aryl methyl sites for hydroxylation is 1. The van der Waals surface area contributed by atoms with Gasteiger partial charge in [0.25, 0.3) is 11.5 Å². The molecule has 0 atom stereocenters. The van der Waals surface area contributed by atoms with Gasteiger partial charge in [-0.1, -0.05) is 6.07 Å². The topological polar surface area (TPSA) is 144 Å². The number of likely N-dealkylation sites (tertiary alicyclic amines) is 1. The third-order valence-corrected chi connectivity index (χ3v) is 7.27. The average molecular weight is 526 g/mol. The molecule has 3 aromatic rings. The predicted octanol–water partition coefficient (Wildman–Crippen LogP) is 0.817. The lowest BCUT2D eigenvalue weighted by molar-refractivity contribution is -0.130. The van der Waals surface area contributed by atoms with Crippen LogP contribution in [0.3, 0.4) is 0 Å². The Balaban J connectivity index is 1.46. The third-order valence-electron chi connectivity index (χ3n) is 7.27. The molecule has 0 aliphatic carbocycles. The molecule has 1 aromatic carbocycles. The van der Waals surface area contributed by atoms with Gasteiger partial charge in [-0.25, -0.2) is 19.0 Å². The first kappa shape index (κ1) is 25.5. The molecule has 0 bridgehead atoms. The van der Waals surface area contributed by atoms with E-state index in [9.17, 15) is 23.9 Å². The Kier molecular flexibility index (Phi) is 6.69. The number of nitrogens with zero attached hydrogens (tertiary/aromatic N) is 6. The van der Waals surface area contributed by atoms with Crippen molar-refractivity contribution in [1.29, 1.82) is 0 Å². The molecular formula is C25H28FN7O5. The van der Waals surface area contributed by atoms with Crippen molar-refractivity contribution >= 4 is 11.8 Å². The molecule has 2 N–H and O–H groups in total. The molecule has 0 unspecified atom stereocenters. The smallest absolute Gasteiger partial charge is 0.296 e. The highest BCUT2D eigenvalue weighted by Gasteiger charge is 2.43. The van der Waals surface area contributed by atoms with E-state index in [2.05, 4.69) is 20.4 Å². The number of carbonyl (C=O) groups is 2. The van der Waals surface area contributed by atoms with Gasteiger partial charge in [-0.2, -0.15) is 5.10 Å². The van der Waals surface area contributed by atoms with Crippen LogP contribution in [-0.2, 0) is 28.0 Å². The maximum atomic E-state index is 14.0. The molecule has 1 fully saturated rings. The summed E-state index contributed by atoms with van der Waals surface area (Å²) in [4.78, 5) is 48.6. The van der Waals surface area contributed by atoms with Crippen molar-refractivity contribution in [3.8, 4) is 11.4 Å². The van der Waals surface area contributed by atoms with Crippen molar-refractivity contribution < 1.29 is 23.8 Å². The van der Waals surface area contributed by atoms with E-state index >= 15 is 0 Å². The van der Waals surface area contributed by atoms with Crippen LogP contribution in [-0.4, -0.2) is 72.4 Å². The second-order valence-electron chi connectivity index (χ2n) is 9.60. The number of aromatic nitrogens is 5. The highest BCUT2D eigenvalue weighted by atomic mass is 19.1. The standard InChI is InChI=1S/C25H28FN7O5/c1-15-28-14-29-33(15)19-11-18(26)4-3-17(19)12-27-22(36)20-21(35)23(37)32-9-10-38-13-25(24(32)30-20)5-7-31(8-6-25)16(2)34/h3-4,11,14,35H,5-10,12-13H2,1-2H3,(H,27,36). The van der Waals surface area contributed by atoms with Crippen LogP contribution < -0.4 is 10.9 Å². The summed E-state index contributed by atoms with van der Waals surface area (Å²) in [6.07, 6.45) is 2.34. The van der Waals surface area contributed by atoms with Gasteiger partial charge in [-0.3, -0.25) is 19.0 Å². The number of hydrogen-bond acceptors (Lipinski definition) is 8. The molecular weight excluding hydrogens is 497 g/mol.